The largest absolute Gasteiger partial charge is 0.317 e. The molecule has 0 bridgehead atoms. The zero-order chi connectivity index (χ0) is 13.5. The van der Waals surface area contributed by atoms with Crippen molar-refractivity contribution in [2.75, 3.05) is 7.05 Å². The van der Waals surface area contributed by atoms with Crippen molar-refractivity contribution in [3.05, 3.63) is 48.0 Å². The van der Waals surface area contributed by atoms with Gasteiger partial charge in [-0.15, -0.1) is 0 Å². The van der Waals surface area contributed by atoms with Gasteiger partial charge in [-0.25, -0.2) is 0 Å². The Labute approximate surface area is 114 Å². The van der Waals surface area contributed by atoms with E-state index in [0.29, 0.717) is 6.04 Å². The molecule has 0 aliphatic rings. The fraction of sp³-hybridized carbons (Fsp3) is 0.467. The topological polar surface area (TPSA) is 42.7 Å². The first-order chi connectivity index (χ1) is 9.31. The monoisotopic (exact) mass is 258 g/mol. The zero-order valence-corrected chi connectivity index (χ0v) is 11.7. The fourth-order valence-corrected chi connectivity index (χ4v) is 2.21. The Hall–Kier alpha value is -1.68. The molecule has 4 nitrogen and oxygen atoms in total. The van der Waals surface area contributed by atoms with Gasteiger partial charge >= 0.3 is 0 Å². The van der Waals surface area contributed by atoms with E-state index in [9.17, 15) is 0 Å². The highest BCUT2D eigenvalue weighted by molar-refractivity contribution is 5.11. The normalized spacial score (nSPS) is 12.5. The Bertz CT molecular complexity index is 478. The van der Waals surface area contributed by atoms with E-state index < -0.39 is 0 Å². The fourth-order valence-electron chi connectivity index (χ4n) is 2.21. The predicted octanol–water partition coefficient (Wildman–Crippen LogP) is 2.06. The number of aryl methyl sites for hydroxylation is 2. The van der Waals surface area contributed by atoms with Gasteiger partial charge in [-0.2, -0.15) is 5.10 Å². The second-order valence-corrected chi connectivity index (χ2v) is 4.79. The van der Waals surface area contributed by atoms with Gasteiger partial charge in [-0.3, -0.25) is 9.67 Å². The predicted molar refractivity (Wildman–Crippen MR) is 77.0 cm³/mol. The zero-order valence-electron chi connectivity index (χ0n) is 11.7. The third kappa shape index (κ3) is 4.17. The lowest BCUT2D eigenvalue weighted by molar-refractivity contribution is 0.519. The van der Waals surface area contributed by atoms with Crippen LogP contribution in [-0.2, 0) is 19.4 Å². The summed E-state index contributed by atoms with van der Waals surface area (Å²) in [4.78, 5) is 4.05. The van der Waals surface area contributed by atoms with Crippen molar-refractivity contribution in [2.45, 2.75) is 38.8 Å². The van der Waals surface area contributed by atoms with Crippen LogP contribution in [0.15, 0.2) is 36.9 Å². The van der Waals surface area contributed by atoms with Crippen molar-refractivity contribution in [3.8, 4) is 0 Å². The van der Waals surface area contributed by atoms with Crippen LogP contribution in [0.1, 0.15) is 24.5 Å². The first-order valence-electron chi connectivity index (χ1n) is 6.89. The summed E-state index contributed by atoms with van der Waals surface area (Å²) in [5.74, 6) is 0. The maximum Gasteiger partial charge on any atom is 0.0522 e. The smallest absolute Gasteiger partial charge is 0.0522 e. The lowest BCUT2D eigenvalue weighted by Gasteiger charge is -2.15. The van der Waals surface area contributed by atoms with Crippen LogP contribution in [0, 0.1) is 0 Å². The minimum atomic E-state index is 0.489. The van der Waals surface area contributed by atoms with Crippen molar-refractivity contribution in [1.29, 1.82) is 0 Å². The van der Waals surface area contributed by atoms with Crippen LogP contribution in [-0.4, -0.2) is 27.9 Å². The summed E-state index contributed by atoms with van der Waals surface area (Å²) in [6.45, 7) is 3.04. The number of nitrogens with one attached hydrogen (secondary N) is 1. The van der Waals surface area contributed by atoms with E-state index in [2.05, 4.69) is 40.7 Å². The van der Waals surface area contributed by atoms with E-state index in [1.807, 2.05) is 30.3 Å². The lowest BCUT2D eigenvalue weighted by Crippen LogP contribution is -2.28. The summed E-state index contributed by atoms with van der Waals surface area (Å²) < 4.78 is 1.98. The molecule has 0 spiro atoms. The molecule has 0 fully saturated rings. The molecule has 1 unspecified atom stereocenters. The van der Waals surface area contributed by atoms with Gasteiger partial charge < -0.3 is 5.32 Å². The second kappa shape index (κ2) is 7.04. The lowest BCUT2D eigenvalue weighted by atomic mass is 10.0. The standard InChI is InChI=1S/C15H22N4/c1-3-19-12-14(11-18-19)10-15(16-2)5-4-13-6-8-17-9-7-13/h6-9,11-12,15-16H,3-5,10H2,1-2H3. The van der Waals surface area contributed by atoms with Crippen molar-refractivity contribution in [3.63, 3.8) is 0 Å². The van der Waals surface area contributed by atoms with E-state index in [1.165, 1.54) is 11.1 Å². The highest BCUT2D eigenvalue weighted by Gasteiger charge is 2.09. The molecule has 0 aliphatic carbocycles. The molecular weight excluding hydrogens is 236 g/mol. The van der Waals surface area contributed by atoms with E-state index in [4.69, 9.17) is 0 Å². The summed E-state index contributed by atoms with van der Waals surface area (Å²) in [6, 6.07) is 4.66. The van der Waals surface area contributed by atoms with Gasteiger partial charge in [-0.1, -0.05) is 0 Å². The molecule has 0 aromatic carbocycles. The van der Waals surface area contributed by atoms with Crippen LogP contribution in [0.3, 0.4) is 0 Å². The molecule has 102 valence electrons. The highest BCUT2D eigenvalue weighted by Crippen LogP contribution is 2.09. The van der Waals surface area contributed by atoms with Crippen LogP contribution < -0.4 is 5.32 Å². The Morgan fingerprint density at radius 2 is 2.05 bits per heavy atom. The molecule has 19 heavy (non-hydrogen) atoms. The molecule has 2 rings (SSSR count). The molecule has 0 radical (unpaired) electrons. The van der Waals surface area contributed by atoms with Crippen molar-refractivity contribution < 1.29 is 0 Å². The number of aromatic nitrogens is 3. The average Bonchev–Trinajstić information content (AvgIpc) is 2.92. The molecule has 2 aromatic rings. The molecule has 0 saturated carbocycles. The Kier molecular flexibility index (Phi) is 5.10. The first-order valence-corrected chi connectivity index (χ1v) is 6.89. The van der Waals surface area contributed by atoms with Gasteiger partial charge in [0.15, 0.2) is 0 Å². The van der Waals surface area contributed by atoms with Gasteiger partial charge in [-0.05, 0) is 56.5 Å². The summed E-state index contributed by atoms with van der Waals surface area (Å²) in [6.07, 6.45) is 11.1. The molecular formula is C15H22N4. The van der Waals surface area contributed by atoms with Crippen LogP contribution in [0.5, 0.6) is 0 Å². The van der Waals surface area contributed by atoms with Crippen molar-refractivity contribution in [2.24, 2.45) is 0 Å². The van der Waals surface area contributed by atoms with Crippen molar-refractivity contribution >= 4 is 0 Å². The Balaban J connectivity index is 1.86. The molecule has 4 heteroatoms. The molecule has 2 heterocycles. The minimum Gasteiger partial charge on any atom is -0.317 e. The van der Waals surface area contributed by atoms with E-state index in [-0.39, 0.29) is 0 Å². The molecule has 1 N–H and O–H groups in total. The molecule has 0 aliphatic heterocycles. The second-order valence-electron chi connectivity index (χ2n) is 4.79. The summed E-state index contributed by atoms with van der Waals surface area (Å²) in [5, 5.41) is 7.72. The maximum absolute atomic E-state index is 4.32. The van der Waals surface area contributed by atoms with Gasteiger partial charge in [0.25, 0.3) is 0 Å². The molecule has 0 amide bonds. The number of pyridine rings is 1. The number of nitrogens with zero attached hydrogens (tertiary/aromatic N) is 3. The van der Waals surface area contributed by atoms with E-state index in [1.54, 1.807) is 0 Å². The number of rotatable bonds is 7. The Morgan fingerprint density at radius 1 is 1.26 bits per heavy atom. The minimum absolute atomic E-state index is 0.489. The van der Waals surface area contributed by atoms with Gasteiger partial charge in [0, 0.05) is 31.2 Å². The van der Waals surface area contributed by atoms with Crippen LogP contribution >= 0.6 is 0 Å². The van der Waals surface area contributed by atoms with Crippen LogP contribution in [0.2, 0.25) is 0 Å². The third-order valence-corrected chi connectivity index (χ3v) is 3.43. The van der Waals surface area contributed by atoms with Gasteiger partial charge in [0.1, 0.15) is 0 Å². The summed E-state index contributed by atoms with van der Waals surface area (Å²) >= 11 is 0. The van der Waals surface area contributed by atoms with E-state index >= 15 is 0 Å². The molecule has 0 saturated heterocycles. The highest BCUT2D eigenvalue weighted by atomic mass is 15.3. The summed E-state index contributed by atoms with van der Waals surface area (Å²) in [5.41, 5.74) is 2.65. The molecule has 2 aromatic heterocycles. The van der Waals surface area contributed by atoms with E-state index in [0.717, 1.165) is 25.8 Å². The SMILES string of the molecule is CCn1cc(CC(CCc2ccncc2)NC)cn1. The average molecular weight is 258 g/mol. The maximum atomic E-state index is 4.32. The van der Waals surface area contributed by atoms with Gasteiger partial charge in [0.2, 0.25) is 0 Å². The third-order valence-electron chi connectivity index (χ3n) is 3.43. The number of likely N-dealkylation sites (N-methyl/N-ethyl adjacent to an activating group) is 1. The summed E-state index contributed by atoms with van der Waals surface area (Å²) in [7, 11) is 2.03. The first kappa shape index (κ1) is 13.7. The number of hydrogen-bond donors (Lipinski definition) is 1. The van der Waals surface area contributed by atoms with Crippen molar-refractivity contribution in [1.82, 2.24) is 20.1 Å². The molecule has 1 atom stereocenters. The van der Waals surface area contributed by atoms with Crippen LogP contribution in [0.4, 0.5) is 0 Å². The van der Waals surface area contributed by atoms with Crippen LogP contribution in [0.25, 0.3) is 0 Å². The quantitative estimate of drug-likeness (QED) is 0.826. The van der Waals surface area contributed by atoms with Gasteiger partial charge in [0.05, 0.1) is 6.20 Å². The number of hydrogen-bond acceptors (Lipinski definition) is 3. The Morgan fingerprint density at radius 3 is 2.68 bits per heavy atom.